The summed E-state index contributed by atoms with van der Waals surface area (Å²) >= 11 is 3.38. The number of aromatic nitrogens is 1. The van der Waals surface area contributed by atoms with Gasteiger partial charge in [-0.1, -0.05) is 25.7 Å². The van der Waals surface area contributed by atoms with Gasteiger partial charge in [-0.25, -0.2) is 9.78 Å². The van der Waals surface area contributed by atoms with Crippen LogP contribution in [0.25, 0.3) is 0 Å². The lowest BCUT2D eigenvalue weighted by atomic mass is 9.91. The Morgan fingerprint density at radius 1 is 1.33 bits per heavy atom. The number of rotatable bonds is 5. The van der Waals surface area contributed by atoms with E-state index in [9.17, 15) is 9.90 Å². The van der Waals surface area contributed by atoms with Gasteiger partial charge in [-0.3, -0.25) is 0 Å². The first-order chi connectivity index (χ1) is 13.1. The summed E-state index contributed by atoms with van der Waals surface area (Å²) in [5.74, 6) is 0.368. The fourth-order valence-corrected chi connectivity index (χ4v) is 4.65. The summed E-state index contributed by atoms with van der Waals surface area (Å²) in [5, 5.41) is 13.8. The number of methoxy groups -OCH3 is 1. The van der Waals surface area contributed by atoms with Crippen LogP contribution in [0.2, 0.25) is 0 Å². The first kappa shape index (κ1) is 20.6. The molecule has 3 rings (SSSR count). The second-order valence-electron chi connectivity index (χ2n) is 7.66. The second-order valence-corrected chi connectivity index (χ2v) is 8.57. The topological polar surface area (TPSA) is 74.7 Å². The quantitative estimate of drug-likeness (QED) is 0.542. The normalized spacial score (nSPS) is 24.5. The molecular weight excluding hydrogens is 410 g/mol. The van der Waals surface area contributed by atoms with Gasteiger partial charge in [-0.05, 0) is 41.3 Å². The van der Waals surface area contributed by atoms with Crippen LogP contribution in [0.15, 0.2) is 16.7 Å². The minimum atomic E-state index is -0.391. The molecule has 0 aromatic carbocycles. The van der Waals surface area contributed by atoms with E-state index in [-0.39, 0.29) is 12.5 Å². The molecule has 1 aliphatic heterocycles. The van der Waals surface area contributed by atoms with Crippen LogP contribution in [-0.2, 0) is 4.74 Å². The summed E-state index contributed by atoms with van der Waals surface area (Å²) in [6.07, 6.45) is 10.4. The van der Waals surface area contributed by atoms with Gasteiger partial charge in [0.2, 0.25) is 0 Å². The Hall–Kier alpha value is -1.18. The van der Waals surface area contributed by atoms with E-state index >= 15 is 0 Å². The summed E-state index contributed by atoms with van der Waals surface area (Å²) < 4.78 is 5.67. The molecule has 7 heteroatoms. The lowest BCUT2D eigenvalue weighted by Gasteiger charge is -2.40. The van der Waals surface area contributed by atoms with E-state index in [2.05, 4.69) is 31.1 Å². The van der Waals surface area contributed by atoms with Gasteiger partial charge in [-0.15, -0.1) is 0 Å². The van der Waals surface area contributed by atoms with Gasteiger partial charge in [0.15, 0.2) is 0 Å². The smallest absolute Gasteiger partial charge is 0.341 e. The molecule has 0 amide bonds. The maximum Gasteiger partial charge on any atom is 0.341 e. The lowest BCUT2D eigenvalue weighted by molar-refractivity contribution is 0.0600. The molecule has 1 saturated heterocycles. The van der Waals surface area contributed by atoms with Gasteiger partial charge < -0.3 is 20.1 Å². The van der Waals surface area contributed by atoms with Crippen LogP contribution >= 0.6 is 15.9 Å². The predicted octanol–water partition coefficient (Wildman–Crippen LogP) is 3.13. The molecular formula is C20H30BrN3O3. The number of hydrogen-bond acceptors (Lipinski definition) is 6. The number of aliphatic hydroxyl groups excluding tert-OH is 1. The number of piperidine rings is 1. The number of nitrogens with one attached hydrogen (secondary N) is 1. The van der Waals surface area contributed by atoms with Crippen molar-refractivity contribution >= 4 is 27.7 Å². The van der Waals surface area contributed by atoms with Crippen molar-refractivity contribution in [1.29, 1.82) is 0 Å². The molecule has 2 atom stereocenters. The van der Waals surface area contributed by atoms with Gasteiger partial charge in [0.1, 0.15) is 11.4 Å². The van der Waals surface area contributed by atoms with Crippen molar-refractivity contribution in [2.24, 2.45) is 5.92 Å². The number of pyridine rings is 1. The van der Waals surface area contributed by atoms with Crippen LogP contribution in [0.4, 0.5) is 5.82 Å². The van der Waals surface area contributed by atoms with Crippen molar-refractivity contribution in [3.8, 4) is 0 Å². The highest BCUT2D eigenvalue weighted by atomic mass is 79.9. The number of carbonyl (C=O) groups excluding carboxylic acids is 1. The number of nitrogens with zero attached hydrogens (tertiary/aromatic N) is 2. The zero-order valence-electron chi connectivity index (χ0n) is 16.0. The van der Waals surface area contributed by atoms with E-state index in [1.165, 1.54) is 45.6 Å². The zero-order valence-corrected chi connectivity index (χ0v) is 17.6. The molecule has 150 valence electrons. The van der Waals surface area contributed by atoms with Crippen molar-refractivity contribution < 1.29 is 14.6 Å². The number of aliphatic hydroxyl groups is 1. The standard InChI is InChI=1S/C20H30BrN3O3/c1-27-20(26)17-10-15(21)11-22-19(17)24-9-8-18(14(12-24)13-25)23-16-6-4-2-3-5-7-16/h10-11,14,16,18,23,25H,2-9,12-13H2,1H3. The third-order valence-corrected chi connectivity index (χ3v) is 6.25. The van der Waals surface area contributed by atoms with E-state index in [0.29, 0.717) is 30.0 Å². The second kappa shape index (κ2) is 9.85. The molecule has 0 bridgehead atoms. The summed E-state index contributed by atoms with van der Waals surface area (Å²) in [5.41, 5.74) is 0.457. The highest BCUT2D eigenvalue weighted by Gasteiger charge is 2.32. The lowest BCUT2D eigenvalue weighted by Crippen LogP contribution is -2.53. The zero-order chi connectivity index (χ0) is 19.2. The summed E-state index contributed by atoms with van der Waals surface area (Å²) in [6.45, 7) is 1.62. The average Bonchev–Trinajstić information content (AvgIpc) is 2.96. The minimum absolute atomic E-state index is 0.123. The van der Waals surface area contributed by atoms with Crippen LogP contribution in [0.3, 0.4) is 0 Å². The van der Waals surface area contributed by atoms with Crippen molar-refractivity contribution in [3.05, 3.63) is 22.3 Å². The van der Waals surface area contributed by atoms with Crippen LogP contribution in [-0.4, -0.2) is 54.9 Å². The molecule has 0 spiro atoms. The highest BCUT2D eigenvalue weighted by molar-refractivity contribution is 9.10. The molecule has 1 aromatic heterocycles. The summed E-state index contributed by atoms with van der Waals surface area (Å²) in [6, 6.07) is 2.62. The van der Waals surface area contributed by atoms with Crippen molar-refractivity contribution in [3.63, 3.8) is 0 Å². The highest BCUT2D eigenvalue weighted by Crippen LogP contribution is 2.28. The molecule has 0 radical (unpaired) electrons. The van der Waals surface area contributed by atoms with Crippen molar-refractivity contribution in [1.82, 2.24) is 10.3 Å². The van der Waals surface area contributed by atoms with E-state index in [0.717, 1.165) is 17.4 Å². The van der Waals surface area contributed by atoms with E-state index in [1.54, 1.807) is 12.3 Å². The number of carbonyl (C=O) groups is 1. The van der Waals surface area contributed by atoms with Crippen molar-refractivity contribution in [2.75, 3.05) is 31.7 Å². The maximum atomic E-state index is 12.2. The fraction of sp³-hybridized carbons (Fsp3) is 0.700. The number of ether oxygens (including phenoxy) is 1. The number of hydrogen-bond donors (Lipinski definition) is 2. The molecule has 2 aliphatic rings. The molecule has 1 saturated carbocycles. The summed E-state index contributed by atoms with van der Waals surface area (Å²) in [4.78, 5) is 18.7. The van der Waals surface area contributed by atoms with E-state index in [4.69, 9.17) is 4.74 Å². The molecule has 27 heavy (non-hydrogen) atoms. The first-order valence-corrected chi connectivity index (χ1v) is 10.8. The van der Waals surface area contributed by atoms with Crippen LogP contribution in [0.1, 0.15) is 55.3 Å². The van der Waals surface area contributed by atoms with Gasteiger partial charge in [0, 0.05) is 48.4 Å². The Morgan fingerprint density at radius 3 is 2.74 bits per heavy atom. The van der Waals surface area contributed by atoms with Crippen LogP contribution in [0.5, 0.6) is 0 Å². The third-order valence-electron chi connectivity index (χ3n) is 5.81. The number of anilines is 1. The first-order valence-electron chi connectivity index (χ1n) is 9.98. The Balaban J connectivity index is 1.70. The predicted molar refractivity (Wildman–Crippen MR) is 109 cm³/mol. The molecule has 2 N–H and O–H groups in total. The summed E-state index contributed by atoms with van der Waals surface area (Å²) in [7, 11) is 1.38. The number of halogens is 1. The molecule has 2 fully saturated rings. The van der Waals surface area contributed by atoms with Gasteiger partial charge in [-0.2, -0.15) is 0 Å². The van der Waals surface area contributed by atoms with Crippen LogP contribution in [0, 0.1) is 5.92 Å². The third kappa shape index (κ3) is 5.21. The number of esters is 1. The SMILES string of the molecule is COC(=O)c1cc(Br)cnc1N1CCC(NC2CCCCCC2)C(CO)C1. The average molecular weight is 440 g/mol. The Bertz CT molecular complexity index is 635. The minimum Gasteiger partial charge on any atom is -0.465 e. The molecule has 1 aliphatic carbocycles. The molecule has 6 nitrogen and oxygen atoms in total. The monoisotopic (exact) mass is 439 g/mol. The Kier molecular flexibility index (Phi) is 7.49. The molecule has 1 aromatic rings. The van der Waals surface area contributed by atoms with Gasteiger partial charge >= 0.3 is 5.97 Å². The molecule has 2 unspecified atom stereocenters. The van der Waals surface area contributed by atoms with Gasteiger partial charge in [0.25, 0.3) is 0 Å². The fourth-order valence-electron chi connectivity index (χ4n) is 4.32. The Labute approximate surface area is 169 Å². The van der Waals surface area contributed by atoms with E-state index < -0.39 is 5.97 Å². The van der Waals surface area contributed by atoms with Crippen molar-refractivity contribution in [2.45, 2.75) is 57.0 Å². The Morgan fingerprint density at radius 2 is 2.07 bits per heavy atom. The van der Waals surface area contributed by atoms with E-state index in [1.807, 2.05) is 0 Å². The van der Waals surface area contributed by atoms with Gasteiger partial charge in [0.05, 0.1) is 7.11 Å². The largest absolute Gasteiger partial charge is 0.465 e. The van der Waals surface area contributed by atoms with Crippen LogP contribution < -0.4 is 10.2 Å². The molecule has 2 heterocycles. The maximum absolute atomic E-state index is 12.2.